The Bertz CT molecular complexity index is 301. The van der Waals surface area contributed by atoms with Gasteiger partial charge in [0.25, 0.3) is 0 Å². The van der Waals surface area contributed by atoms with Crippen LogP contribution in [-0.4, -0.2) is 32.1 Å². The smallest absolute Gasteiger partial charge is 0.128 e. The van der Waals surface area contributed by atoms with Crippen molar-refractivity contribution >= 4 is 0 Å². The second kappa shape index (κ2) is 5.83. The van der Waals surface area contributed by atoms with Gasteiger partial charge < -0.3 is 10.2 Å². The Balaban J connectivity index is 2.78. The molecule has 1 aromatic rings. The molecule has 0 aliphatic heterocycles. The molecule has 0 aliphatic rings. The molecule has 1 aromatic carbocycles. The Morgan fingerprint density at radius 2 is 2.07 bits per heavy atom. The van der Waals surface area contributed by atoms with Crippen LogP contribution in [0.4, 0.5) is 4.39 Å². The fraction of sp³-hybridized carbons (Fsp3) is 0.500. The average molecular weight is 210 g/mol. The molecule has 0 spiro atoms. The van der Waals surface area contributed by atoms with Crippen molar-refractivity contribution in [2.24, 2.45) is 0 Å². The number of likely N-dealkylation sites (N-methyl/N-ethyl adjacent to an activating group) is 2. The van der Waals surface area contributed by atoms with Gasteiger partial charge in [0.05, 0.1) is 0 Å². The van der Waals surface area contributed by atoms with E-state index in [2.05, 4.69) is 17.1 Å². The van der Waals surface area contributed by atoms with Gasteiger partial charge >= 0.3 is 0 Å². The van der Waals surface area contributed by atoms with Gasteiger partial charge in [-0.1, -0.05) is 25.1 Å². The van der Waals surface area contributed by atoms with E-state index in [0.29, 0.717) is 0 Å². The molecule has 15 heavy (non-hydrogen) atoms. The maximum Gasteiger partial charge on any atom is 0.128 e. The lowest BCUT2D eigenvalue weighted by Gasteiger charge is -2.23. The lowest BCUT2D eigenvalue weighted by atomic mass is 10.1. The SMILES string of the molecule is CCN(C)CC(NC)c1ccccc1F. The van der Waals surface area contributed by atoms with E-state index in [1.165, 1.54) is 6.07 Å². The van der Waals surface area contributed by atoms with Crippen LogP contribution in [0.3, 0.4) is 0 Å². The zero-order chi connectivity index (χ0) is 11.3. The number of hydrogen-bond donors (Lipinski definition) is 1. The molecule has 0 saturated carbocycles. The number of rotatable bonds is 5. The van der Waals surface area contributed by atoms with Crippen molar-refractivity contribution in [1.82, 2.24) is 10.2 Å². The molecule has 3 heteroatoms. The van der Waals surface area contributed by atoms with Crippen LogP contribution in [-0.2, 0) is 0 Å². The van der Waals surface area contributed by atoms with E-state index in [4.69, 9.17) is 0 Å². The maximum absolute atomic E-state index is 13.5. The average Bonchev–Trinajstić information content (AvgIpc) is 2.26. The van der Waals surface area contributed by atoms with E-state index < -0.39 is 0 Å². The molecule has 0 aliphatic carbocycles. The minimum atomic E-state index is -0.138. The van der Waals surface area contributed by atoms with Crippen molar-refractivity contribution in [3.63, 3.8) is 0 Å². The second-order valence-electron chi connectivity index (χ2n) is 3.72. The maximum atomic E-state index is 13.5. The highest BCUT2D eigenvalue weighted by atomic mass is 19.1. The van der Waals surface area contributed by atoms with Gasteiger partial charge in [0.2, 0.25) is 0 Å². The molecule has 0 saturated heterocycles. The number of hydrogen-bond acceptors (Lipinski definition) is 2. The van der Waals surface area contributed by atoms with Crippen molar-refractivity contribution in [2.75, 3.05) is 27.2 Å². The molecule has 1 unspecified atom stereocenters. The Morgan fingerprint density at radius 1 is 1.40 bits per heavy atom. The summed E-state index contributed by atoms with van der Waals surface area (Å²) >= 11 is 0. The molecule has 0 fully saturated rings. The first-order valence-corrected chi connectivity index (χ1v) is 5.29. The third-order valence-electron chi connectivity index (χ3n) is 2.66. The first-order valence-electron chi connectivity index (χ1n) is 5.29. The van der Waals surface area contributed by atoms with E-state index >= 15 is 0 Å². The zero-order valence-corrected chi connectivity index (χ0v) is 9.63. The molecule has 0 bridgehead atoms. The van der Waals surface area contributed by atoms with Crippen LogP contribution < -0.4 is 5.32 Å². The molecular formula is C12H19FN2. The van der Waals surface area contributed by atoms with E-state index in [1.807, 2.05) is 26.2 Å². The van der Waals surface area contributed by atoms with Gasteiger partial charge in [0, 0.05) is 18.2 Å². The summed E-state index contributed by atoms with van der Waals surface area (Å²) in [7, 11) is 3.89. The van der Waals surface area contributed by atoms with Crippen molar-refractivity contribution < 1.29 is 4.39 Å². The topological polar surface area (TPSA) is 15.3 Å². The lowest BCUT2D eigenvalue weighted by molar-refractivity contribution is 0.307. The summed E-state index contributed by atoms with van der Waals surface area (Å²) in [6.07, 6.45) is 0. The second-order valence-corrected chi connectivity index (χ2v) is 3.72. The highest BCUT2D eigenvalue weighted by molar-refractivity contribution is 5.21. The van der Waals surface area contributed by atoms with E-state index in [9.17, 15) is 4.39 Å². The van der Waals surface area contributed by atoms with Crippen LogP contribution in [0.15, 0.2) is 24.3 Å². The monoisotopic (exact) mass is 210 g/mol. The molecule has 84 valence electrons. The molecule has 0 radical (unpaired) electrons. The Kier molecular flexibility index (Phi) is 4.72. The fourth-order valence-electron chi connectivity index (χ4n) is 1.54. The molecule has 1 N–H and O–H groups in total. The third kappa shape index (κ3) is 3.29. The predicted octanol–water partition coefficient (Wildman–Crippen LogP) is 2.04. The van der Waals surface area contributed by atoms with Gasteiger partial charge in [-0.15, -0.1) is 0 Å². The minimum absolute atomic E-state index is 0.0520. The number of nitrogens with zero attached hydrogens (tertiary/aromatic N) is 1. The predicted molar refractivity (Wildman–Crippen MR) is 61.4 cm³/mol. The van der Waals surface area contributed by atoms with Crippen LogP contribution in [0.25, 0.3) is 0 Å². The summed E-state index contributed by atoms with van der Waals surface area (Å²) in [6.45, 7) is 3.87. The van der Waals surface area contributed by atoms with Gasteiger partial charge in [-0.2, -0.15) is 0 Å². The Morgan fingerprint density at radius 3 is 2.60 bits per heavy atom. The molecule has 0 aromatic heterocycles. The highest BCUT2D eigenvalue weighted by Gasteiger charge is 2.14. The minimum Gasteiger partial charge on any atom is -0.312 e. The van der Waals surface area contributed by atoms with Crippen LogP contribution in [0.5, 0.6) is 0 Å². The largest absolute Gasteiger partial charge is 0.312 e. The number of benzene rings is 1. The van der Waals surface area contributed by atoms with E-state index in [1.54, 1.807) is 6.07 Å². The van der Waals surface area contributed by atoms with Gasteiger partial charge in [-0.3, -0.25) is 0 Å². The lowest BCUT2D eigenvalue weighted by Crippen LogP contribution is -2.31. The molecule has 0 heterocycles. The summed E-state index contributed by atoms with van der Waals surface area (Å²) in [4.78, 5) is 2.16. The first kappa shape index (κ1) is 12.1. The standard InChI is InChI=1S/C12H19FN2/c1-4-15(3)9-12(14-2)10-7-5-6-8-11(10)13/h5-8,12,14H,4,9H2,1-3H3. The van der Waals surface area contributed by atoms with Crippen molar-refractivity contribution in [3.8, 4) is 0 Å². The molecule has 1 atom stereocenters. The summed E-state index contributed by atoms with van der Waals surface area (Å²) in [5.41, 5.74) is 0.736. The zero-order valence-electron chi connectivity index (χ0n) is 9.63. The van der Waals surface area contributed by atoms with Crippen LogP contribution in [0, 0.1) is 5.82 Å². The van der Waals surface area contributed by atoms with E-state index in [-0.39, 0.29) is 11.9 Å². The van der Waals surface area contributed by atoms with Crippen molar-refractivity contribution in [2.45, 2.75) is 13.0 Å². The summed E-state index contributed by atoms with van der Waals surface area (Å²) in [5, 5.41) is 3.14. The van der Waals surface area contributed by atoms with E-state index in [0.717, 1.165) is 18.7 Å². The number of nitrogens with one attached hydrogen (secondary N) is 1. The Labute approximate surface area is 91.1 Å². The van der Waals surface area contributed by atoms with Crippen LogP contribution in [0.1, 0.15) is 18.5 Å². The molecular weight excluding hydrogens is 191 g/mol. The summed E-state index contributed by atoms with van der Waals surface area (Å²) in [5.74, 6) is -0.138. The van der Waals surface area contributed by atoms with Gasteiger partial charge in [-0.05, 0) is 26.7 Å². The van der Waals surface area contributed by atoms with Gasteiger partial charge in [0.15, 0.2) is 0 Å². The van der Waals surface area contributed by atoms with Crippen LogP contribution in [0.2, 0.25) is 0 Å². The van der Waals surface area contributed by atoms with Crippen molar-refractivity contribution in [1.29, 1.82) is 0 Å². The fourth-order valence-corrected chi connectivity index (χ4v) is 1.54. The molecule has 0 amide bonds. The van der Waals surface area contributed by atoms with Crippen molar-refractivity contribution in [3.05, 3.63) is 35.6 Å². The third-order valence-corrected chi connectivity index (χ3v) is 2.66. The summed E-state index contributed by atoms with van der Waals surface area (Å²) in [6, 6.07) is 6.98. The highest BCUT2D eigenvalue weighted by Crippen LogP contribution is 2.16. The first-order chi connectivity index (χ1) is 7.19. The quantitative estimate of drug-likeness (QED) is 0.800. The molecule has 1 rings (SSSR count). The normalized spacial score (nSPS) is 13.1. The van der Waals surface area contributed by atoms with Crippen LogP contribution >= 0.6 is 0 Å². The van der Waals surface area contributed by atoms with Gasteiger partial charge in [0.1, 0.15) is 5.82 Å². The number of halogens is 1. The Hall–Kier alpha value is -0.930. The van der Waals surface area contributed by atoms with Gasteiger partial charge in [-0.25, -0.2) is 4.39 Å². The molecule has 2 nitrogen and oxygen atoms in total. The summed E-state index contributed by atoms with van der Waals surface area (Å²) < 4.78 is 13.5.